The Hall–Kier alpha value is -1.37. The van der Waals surface area contributed by atoms with Gasteiger partial charge in [0.15, 0.2) is 0 Å². The molecule has 0 spiro atoms. The average Bonchev–Trinajstić information content (AvgIpc) is 3.11. The molecule has 0 radical (unpaired) electrons. The van der Waals surface area contributed by atoms with Gasteiger partial charge in [0.05, 0.1) is 5.01 Å². The quantitative estimate of drug-likeness (QED) is 0.607. The number of anilines is 1. The largest absolute Gasteiger partial charge is 0.320 e. The van der Waals surface area contributed by atoms with E-state index in [1.54, 1.807) is 11.3 Å². The smallest absolute Gasteiger partial charge is 0.275 e. The van der Waals surface area contributed by atoms with Crippen molar-refractivity contribution in [2.24, 2.45) is 0 Å². The number of nitrogens with zero attached hydrogens (tertiary/aromatic N) is 2. The summed E-state index contributed by atoms with van der Waals surface area (Å²) in [4.78, 5) is 20.0. The number of piperidine rings is 1. The molecule has 0 unspecified atom stereocenters. The summed E-state index contributed by atoms with van der Waals surface area (Å²) >= 11 is 6.27. The molecule has 1 saturated heterocycles. The van der Waals surface area contributed by atoms with Gasteiger partial charge in [-0.05, 0) is 56.8 Å². The van der Waals surface area contributed by atoms with E-state index in [4.69, 9.17) is 4.98 Å². The van der Waals surface area contributed by atoms with E-state index in [2.05, 4.69) is 63.5 Å². The zero-order chi connectivity index (χ0) is 21.2. The van der Waals surface area contributed by atoms with Crippen molar-refractivity contribution in [3.8, 4) is 0 Å². The fourth-order valence-electron chi connectivity index (χ4n) is 3.90. The van der Waals surface area contributed by atoms with Crippen molar-refractivity contribution in [1.82, 2.24) is 9.88 Å². The van der Waals surface area contributed by atoms with Crippen LogP contribution in [0.2, 0.25) is 0 Å². The summed E-state index contributed by atoms with van der Waals surface area (Å²) in [5.74, 6) is 0.321. The molecule has 6 heteroatoms. The molecule has 2 aromatic rings. The molecule has 158 valence electrons. The Balaban J connectivity index is 1.63. The highest BCUT2D eigenvalue weighted by atomic mass is 32.1. The number of hydrogen-bond acceptors (Lipinski definition) is 5. The topological polar surface area (TPSA) is 45.2 Å². The van der Waals surface area contributed by atoms with E-state index in [0.29, 0.717) is 11.6 Å². The van der Waals surface area contributed by atoms with Gasteiger partial charge in [0, 0.05) is 28.3 Å². The summed E-state index contributed by atoms with van der Waals surface area (Å²) in [5, 5.41) is 6.05. The fourth-order valence-corrected chi connectivity index (χ4v) is 5.07. The number of hydrogen-bond donors (Lipinski definition) is 2. The van der Waals surface area contributed by atoms with Crippen LogP contribution < -0.4 is 5.32 Å². The number of amides is 1. The van der Waals surface area contributed by atoms with Crippen molar-refractivity contribution >= 4 is 35.6 Å². The van der Waals surface area contributed by atoms with Gasteiger partial charge in [-0.1, -0.05) is 39.0 Å². The van der Waals surface area contributed by atoms with Crippen LogP contribution in [0.15, 0.2) is 29.6 Å². The Labute approximate surface area is 184 Å². The number of para-hydroxylation sites is 1. The number of nitrogens with one attached hydrogen (secondary N) is 1. The summed E-state index contributed by atoms with van der Waals surface area (Å²) in [6.07, 6.45) is 2.18. The van der Waals surface area contributed by atoms with Gasteiger partial charge in [0.1, 0.15) is 5.69 Å². The number of thiazole rings is 1. The highest BCUT2D eigenvalue weighted by Gasteiger charge is 2.27. The lowest BCUT2D eigenvalue weighted by molar-refractivity contribution is 0.102. The van der Waals surface area contributed by atoms with Crippen LogP contribution in [0, 0.1) is 0 Å². The molecular formula is C23H33N3OS2. The van der Waals surface area contributed by atoms with Gasteiger partial charge in [-0.25, -0.2) is 4.98 Å². The maximum Gasteiger partial charge on any atom is 0.275 e. The van der Waals surface area contributed by atoms with Crippen LogP contribution >= 0.6 is 24.0 Å². The van der Waals surface area contributed by atoms with Gasteiger partial charge in [-0.15, -0.1) is 11.3 Å². The Kier molecular flexibility index (Phi) is 6.76. The van der Waals surface area contributed by atoms with Crippen molar-refractivity contribution in [3.63, 3.8) is 0 Å². The van der Waals surface area contributed by atoms with Crippen LogP contribution in [0.4, 0.5) is 5.69 Å². The molecule has 1 amide bonds. The van der Waals surface area contributed by atoms with Crippen LogP contribution in [0.5, 0.6) is 0 Å². The number of likely N-dealkylation sites (tertiary alicyclic amines) is 1. The molecule has 0 atom stereocenters. The monoisotopic (exact) mass is 431 g/mol. The maximum atomic E-state index is 12.8. The van der Waals surface area contributed by atoms with Crippen molar-refractivity contribution < 1.29 is 4.79 Å². The maximum absolute atomic E-state index is 12.8. The lowest BCUT2D eigenvalue weighted by atomic mass is 9.86. The Morgan fingerprint density at radius 2 is 1.86 bits per heavy atom. The van der Waals surface area contributed by atoms with Crippen molar-refractivity contribution in [2.75, 3.05) is 25.0 Å². The van der Waals surface area contributed by atoms with E-state index in [1.807, 2.05) is 23.6 Å². The zero-order valence-corrected chi connectivity index (χ0v) is 19.9. The molecule has 0 saturated carbocycles. The van der Waals surface area contributed by atoms with Gasteiger partial charge < -0.3 is 10.2 Å². The third-order valence-electron chi connectivity index (χ3n) is 5.29. The van der Waals surface area contributed by atoms with Crippen LogP contribution in [0.1, 0.15) is 74.4 Å². The first-order chi connectivity index (χ1) is 13.5. The Morgan fingerprint density at radius 3 is 2.48 bits per heavy atom. The molecule has 1 aliphatic heterocycles. The number of aromatic nitrogens is 1. The number of rotatable bonds is 5. The lowest BCUT2D eigenvalue weighted by Gasteiger charge is -2.34. The highest BCUT2D eigenvalue weighted by Crippen LogP contribution is 2.32. The minimum atomic E-state index is -0.126. The summed E-state index contributed by atoms with van der Waals surface area (Å²) in [5.41, 5.74) is 2.48. The van der Waals surface area contributed by atoms with Gasteiger partial charge in [0.25, 0.3) is 5.91 Å². The van der Waals surface area contributed by atoms with Crippen LogP contribution in [-0.2, 0) is 5.41 Å². The van der Waals surface area contributed by atoms with Crippen LogP contribution in [0.25, 0.3) is 0 Å². The number of carbonyl (C=O) groups excluding carboxylic acids is 1. The summed E-state index contributed by atoms with van der Waals surface area (Å²) in [7, 11) is 0. The van der Waals surface area contributed by atoms with Gasteiger partial charge in [-0.2, -0.15) is 12.6 Å². The van der Waals surface area contributed by atoms with Gasteiger partial charge in [-0.3, -0.25) is 4.79 Å². The predicted molar refractivity (Wildman–Crippen MR) is 127 cm³/mol. The van der Waals surface area contributed by atoms with Crippen LogP contribution in [0.3, 0.4) is 0 Å². The van der Waals surface area contributed by atoms with Crippen molar-refractivity contribution in [3.05, 3.63) is 45.9 Å². The van der Waals surface area contributed by atoms with E-state index in [1.165, 1.54) is 0 Å². The second-order valence-electron chi connectivity index (χ2n) is 9.68. The first-order valence-electron chi connectivity index (χ1n) is 10.3. The third-order valence-corrected chi connectivity index (χ3v) is 6.43. The zero-order valence-electron chi connectivity index (χ0n) is 18.2. The number of thiol groups is 1. The van der Waals surface area contributed by atoms with Crippen molar-refractivity contribution in [1.29, 1.82) is 0 Å². The summed E-state index contributed by atoms with van der Waals surface area (Å²) in [6, 6.07) is 8.00. The number of carbonyl (C=O) groups is 1. The van der Waals surface area contributed by atoms with Crippen molar-refractivity contribution in [2.45, 2.75) is 63.5 Å². The molecule has 1 aliphatic rings. The first kappa shape index (κ1) is 22.3. The molecule has 0 aliphatic carbocycles. The molecule has 4 nitrogen and oxygen atoms in total. The summed E-state index contributed by atoms with van der Waals surface area (Å²) in [6.45, 7) is 13.9. The van der Waals surface area contributed by atoms with Crippen LogP contribution in [-0.4, -0.2) is 40.2 Å². The molecular weight excluding hydrogens is 398 g/mol. The molecule has 1 aromatic heterocycles. The molecule has 2 heterocycles. The molecule has 1 fully saturated rings. The minimum Gasteiger partial charge on any atom is -0.320 e. The van der Waals surface area contributed by atoms with E-state index >= 15 is 0 Å². The average molecular weight is 432 g/mol. The lowest BCUT2D eigenvalue weighted by Crippen LogP contribution is -2.40. The SMILES string of the molecule is CC(C)(S)CN1CCC(c2nc(C(=O)Nc3ccccc3C(C)(C)C)cs2)CC1. The fraction of sp³-hybridized carbons (Fsp3) is 0.565. The normalized spacial score (nSPS) is 16.8. The Morgan fingerprint density at radius 1 is 1.21 bits per heavy atom. The van der Waals surface area contributed by atoms with Gasteiger partial charge in [0.2, 0.25) is 0 Å². The molecule has 0 bridgehead atoms. The van der Waals surface area contributed by atoms with E-state index in [0.717, 1.165) is 48.7 Å². The van der Waals surface area contributed by atoms with E-state index in [-0.39, 0.29) is 16.1 Å². The minimum absolute atomic E-state index is 0.0304. The summed E-state index contributed by atoms with van der Waals surface area (Å²) < 4.78 is 0.0304. The molecule has 29 heavy (non-hydrogen) atoms. The molecule has 1 N–H and O–H groups in total. The second kappa shape index (κ2) is 8.78. The predicted octanol–water partition coefficient (Wildman–Crippen LogP) is 5.58. The highest BCUT2D eigenvalue weighted by molar-refractivity contribution is 7.81. The molecule has 1 aromatic carbocycles. The van der Waals surface area contributed by atoms with Gasteiger partial charge >= 0.3 is 0 Å². The Bertz CT molecular complexity index is 840. The van der Waals surface area contributed by atoms with E-state index in [9.17, 15) is 4.79 Å². The standard InChI is InChI=1S/C23H33N3OS2/c1-22(2,3)17-8-6-7-9-18(17)24-20(27)19-14-29-21(25-19)16-10-12-26(13-11-16)15-23(4,5)28/h6-9,14,16,28H,10-13,15H2,1-5H3,(H,24,27). The second-order valence-corrected chi connectivity index (χ2v) is 11.8. The third kappa shape index (κ3) is 6.06. The molecule has 3 rings (SSSR count). The first-order valence-corrected chi connectivity index (χ1v) is 11.7. The van der Waals surface area contributed by atoms with E-state index < -0.39 is 0 Å². The number of benzene rings is 1.